The number of hydrogen-bond donors (Lipinski definition) is 2. The zero-order valence-corrected chi connectivity index (χ0v) is 10.3. The molecule has 19 heavy (non-hydrogen) atoms. The van der Waals surface area contributed by atoms with Crippen LogP contribution in [0.25, 0.3) is 6.08 Å². The Morgan fingerprint density at radius 1 is 1.42 bits per heavy atom. The molecule has 5 heteroatoms. The quantitative estimate of drug-likeness (QED) is 0.812. The molecule has 0 aromatic heterocycles. The van der Waals surface area contributed by atoms with Gasteiger partial charge in [0.05, 0.1) is 0 Å². The molecule has 1 saturated heterocycles. The minimum atomic E-state index is -1.01. The summed E-state index contributed by atoms with van der Waals surface area (Å²) in [5.74, 6) is -1.16. The number of aliphatic carboxylic acids is 1. The fraction of sp³-hybridized carbons (Fsp3) is 0.286. The number of carbonyl (C=O) groups excluding carboxylic acids is 1. The molecule has 0 bridgehead atoms. The third-order valence-electron chi connectivity index (χ3n) is 2.79. The second kappa shape index (κ2) is 6.15. The highest BCUT2D eigenvalue weighted by Crippen LogP contribution is 2.16. The first-order chi connectivity index (χ1) is 9.15. The van der Waals surface area contributed by atoms with Crippen LogP contribution in [-0.2, 0) is 14.3 Å². The second-order valence-corrected chi connectivity index (χ2v) is 4.29. The smallest absolute Gasteiger partial charge is 0.328 e. The van der Waals surface area contributed by atoms with Crippen molar-refractivity contribution < 1.29 is 19.4 Å². The molecule has 1 aromatic carbocycles. The molecule has 1 aliphatic heterocycles. The standard InChI is InChI=1S/C14H15NO4/c16-13(17)7-6-10-3-1-4-11(9-10)15-14(18)12-5-2-8-19-12/h1,3-4,6-7,9,12H,2,5,8H2,(H,15,18)(H,16,17)/b7-6+/t12-/m1/s1. The highest BCUT2D eigenvalue weighted by molar-refractivity contribution is 5.94. The number of ether oxygens (including phenoxy) is 1. The van der Waals surface area contributed by atoms with Gasteiger partial charge in [0.1, 0.15) is 6.10 Å². The van der Waals surface area contributed by atoms with Crippen LogP contribution in [0.5, 0.6) is 0 Å². The predicted molar refractivity (Wildman–Crippen MR) is 70.7 cm³/mol. The van der Waals surface area contributed by atoms with Crippen molar-refractivity contribution in [2.75, 3.05) is 11.9 Å². The van der Waals surface area contributed by atoms with Gasteiger partial charge in [-0.1, -0.05) is 12.1 Å². The van der Waals surface area contributed by atoms with Gasteiger partial charge in [-0.05, 0) is 36.6 Å². The zero-order chi connectivity index (χ0) is 13.7. The van der Waals surface area contributed by atoms with E-state index in [0.29, 0.717) is 17.9 Å². The number of anilines is 1. The number of hydrogen-bond acceptors (Lipinski definition) is 3. The van der Waals surface area contributed by atoms with Crippen molar-refractivity contribution in [3.63, 3.8) is 0 Å². The molecule has 1 heterocycles. The number of carboxylic acid groups (broad SMARTS) is 1. The highest BCUT2D eigenvalue weighted by atomic mass is 16.5. The third kappa shape index (κ3) is 3.93. The van der Waals surface area contributed by atoms with Crippen LogP contribution >= 0.6 is 0 Å². The van der Waals surface area contributed by atoms with Crippen molar-refractivity contribution in [1.29, 1.82) is 0 Å². The molecule has 0 radical (unpaired) electrons. The Hall–Kier alpha value is -2.14. The van der Waals surface area contributed by atoms with E-state index in [-0.39, 0.29) is 12.0 Å². The van der Waals surface area contributed by atoms with E-state index in [1.807, 2.05) is 0 Å². The van der Waals surface area contributed by atoms with E-state index >= 15 is 0 Å². The fourth-order valence-electron chi connectivity index (χ4n) is 1.89. The van der Waals surface area contributed by atoms with Gasteiger partial charge in [0.25, 0.3) is 5.91 Å². The Kier molecular flexibility index (Phi) is 4.30. The molecule has 1 fully saturated rings. The number of carbonyl (C=O) groups is 2. The van der Waals surface area contributed by atoms with Gasteiger partial charge in [0.2, 0.25) is 0 Å². The number of rotatable bonds is 4. The van der Waals surface area contributed by atoms with Crippen LogP contribution in [0.3, 0.4) is 0 Å². The van der Waals surface area contributed by atoms with Crippen LogP contribution in [0.4, 0.5) is 5.69 Å². The monoisotopic (exact) mass is 261 g/mol. The first kappa shape index (κ1) is 13.3. The summed E-state index contributed by atoms with van der Waals surface area (Å²) in [6.07, 6.45) is 3.80. The number of benzene rings is 1. The SMILES string of the molecule is O=C(O)/C=C/c1cccc(NC(=O)[C@H]2CCCO2)c1. The summed E-state index contributed by atoms with van der Waals surface area (Å²) in [5.41, 5.74) is 1.35. The lowest BCUT2D eigenvalue weighted by Gasteiger charge is -2.10. The zero-order valence-electron chi connectivity index (χ0n) is 10.3. The largest absolute Gasteiger partial charge is 0.478 e. The van der Waals surface area contributed by atoms with Gasteiger partial charge in [0.15, 0.2) is 0 Å². The first-order valence-corrected chi connectivity index (χ1v) is 6.09. The molecule has 1 aromatic rings. The van der Waals surface area contributed by atoms with E-state index in [4.69, 9.17) is 9.84 Å². The van der Waals surface area contributed by atoms with E-state index in [1.165, 1.54) is 6.08 Å². The maximum absolute atomic E-state index is 11.8. The van der Waals surface area contributed by atoms with E-state index in [1.54, 1.807) is 24.3 Å². The van der Waals surface area contributed by atoms with Crippen molar-refractivity contribution in [2.45, 2.75) is 18.9 Å². The summed E-state index contributed by atoms with van der Waals surface area (Å²) in [4.78, 5) is 22.3. The van der Waals surface area contributed by atoms with Crippen molar-refractivity contribution in [3.8, 4) is 0 Å². The number of carboxylic acids is 1. The van der Waals surface area contributed by atoms with Crippen LogP contribution in [0.2, 0.25) is 0 Å². The second-order valence-electron chi connectivity index (χ2n) is 4.29. The summed E-state index contributed by atoms with van der Waals surface area (Å²) in [5, 5.41) is 11.3. The molecular weight excluding hydrogens is 246 g/mol. The summed E-state index contributed by atoms with van der Waals surface area (Å²) in [7, 11) is 0. The Bertz CT molecular complexity index is 504. The average Bonchev–Trinajstić information content (AvgIpc) is 2.91. The van der Waals surface area contributed by atoms with Crippen molar-refractivity contribution in [2.24, 2.45) is 0 Å². The molecule has 1 amide bonds. The minimum Gasteiger partial charge on any atom is -0.478 e. The Labute approximate surface area is 110 Å². The van der Waals surface area contributed by atoms with Crippen LogP contribution in [0.1, 0.15) is 18.4 Å². The Balaban J connectivity index is 2.02. The van der Waals surface area contributed by atoms with Gasteiger partial charge in [-0.25, -0.2) is 4.79 Å². The molecule has 2 rings (SSSR count). The van der Waals surface area contributed by atoms with Crippen molar-refractivity contribution >= 4 is 23.6 Å². The van der Waals surface area contributed by atoms with Gasteiger partial charge < -0.3 is 15.2 Å². The van der Waals surface area contributed by atoms with Crippen LogP contribution in [-0.4, -0.2) is 29.7 Å². The summed E-state index contributed by atoms with van der Waals surface area (Å²) < 4.78 is 5.29. The molecule has 2 N–H and O–H groups in total. The molecule has 100 valence electrons. The minimum absolute atomic E-state index is 0.156. The molecule has 0 unspecified atom stereocenters. The van der Waals surface area contributed by atoms with E-state index in [9.17, 15) is 9.59 Å². The van der Waals surface area contributed by atoms with E-state index < -0.39 is 5.97 Å². The van der Waals surface area contributed by atoms with Crippen molar-refractivity contribution in [1.82, 2.24) is 0 Å². The lowest BCUT2D eigenvalue weighted by Crippen LogP contribution is -2.26. The molecule has 1 atom stereocenters. The Morgan fingerprint density at radius 3 is 2.95 bits per heavy atom. The lowest BCUT2D eigenvalue weighted by atomic mass is 10.1. The summed E-state index contributed by atoms with van der Waals surface area (Å²) in [6.45, 7) is 0.624. The topological polar surface area (TPSA) is 75.6 Å². The van der Waals surface area contributed by atoms with Gasteiger partial charge in [-0.3, -0.25) is 4.79 Å². The molecule has 0 saturated carbocycles. The normalized spacial score (nSPS) is 18.6. The maximum atomic E-state index is 11.8. The Morgan fingerprint density at radius 2 is 2.26 bits per heavy atom. The fourth-order valence-corrected chi connectivity index (χ4v) is 1.89. The van der Waals surface area contributed by atoms with Gasteiger partial charge in [-0.15, -0.1) is 0 Å². The molecule has 5 nitrogen and oxygen atoms in total. The van der Waals surface area contributed by atoms with Gasteiger partial charge >= 0.3 is 5.97 Å². The summed E-state index contributed by atoms with van der Waals surface area (Å²) in [6, 6.07) is 6.99. The van der Waals surface area contributed by atoms with Crippen LogP contribution < -0.4 is 5.32 Å². The number of amides is 1. The average molecular weight is 261 g/mol. The lowest BCUT2D eigenvalue weighted by molar-refractivity contribution is -0.131. The maximum Gasteiger partial charge on any atom is 0.328 e. The van der Waals surface area contributed by atoms with Gasteiger partial charge in [-0.2, -0.15) is 0 Å². The van der Waals surface area contributed by atoms with Gasteiger partial charge in [0, 0.05) is 18.4 Å². The van der Waals surface area contributed by atoms with Crippen LogP contribution in [0.15, 0.2) is 30.3 Å². The number of nitrogens with one attached hydrogen (secondary N) is 1. The molecule has 1 aliphatic rings. The van der Waals surface area contributed by atoms with Crippen molar-refractivity contribution in [3.05, 3.63) is 35.9 Å². The molecule has 0 aliphatic carbocycles. The third-order valence-corrected chi connectivity index (χ3v) is 2.79. The first-order valence-electron chi connectivity index (χ1n) is 6.09. The highest BCUT2D eigenvalue weighted by Gasteiger charge is 2.23. The van der Waals surface area contributed by atoms with E-state index in [0.717, 1.165) is 18.9 Å². The molecule has 0 spiro atoms. The predicted octanol–water partition coefficient (Wildman–Crippen LogP) is 1.90. The molecular formula is C14H15NO4. The summed E-state index contributed by atoms with van der Waals surface area (Å²) >= 11 is 0. The van der Waals surface area contributed by atoms with Crippen LogP contribution in [0, 0.1) is 0 Å². The van der Waals surface area contributed by atoms with E-state index in [2.05, 4.69) is 5.32 Å².